The number of hydrogen-bond donors (Lipinski definition) is 1. The second-order valence-corrected chi connectivity index (χ2v) is 6.10. The highest BCUT2D eigenvalue weighted by Gasteiger charge is 2.36. The Morgan fingerprint density at radius 2 is 1.71 bits per heavy atom. The van der Waals surface area contributed by atoms with Crippen molar-refractivity contribution < 1.29 is 9.94 Å². The molecule has 4 fully saturated rings. The van der Waals surface area contributed by atoms with E-state index in [1.165, 1.54) is 57.8 Å². The minimum Gasteiger partial charge on any atom is -0.391 e. The molecule has 0 spiro atoms. The first kappa shape index (κ1) is 11.9. The van der Waals surface area contributed by atoms with Crippen LogP contribution in [0.2, 0.25) is 0 Å². The Kier molecular flexibility index (Phi) is 3.69. The van der Waals surface area contributed by atoms with Crippen LogP contribution in [0.25, 0.3) is 0 Å². The van der Waals surface area contributed by atoms with Crippen molar-refractivity contribution in [3.05, 3.63) is 0 Å². The lowest BCUT2D eigenvalue weighted by Crippen LogP contribution is -2.52. The van der Waals surface area contributed by atoms with Gasteiger partial charge in [0.05, 0.1) is 18.8 Å². The number of aliphatic hydroxyl groups is 1. The Labute approximate surface area is 104 Å². The second kappa shape index (κ2) is 5.25. The Balaban J connectivity index is 1.52. The molecule has 4 aliphatic rings. The Hall–Kier alpha value is -0.120. The van der Waals surface area contributed by atoms with Gasteiger partial charge in [-0.25, -0.2) is 0 Å². The van der Waals surface area contributed by atoms with Crippen LogP contribution in [0.1, 0.15) is 57.8 Å². The smallest absolute Gasteiger partial charge is 0.0794 e. The summed E-state index contributed by atoms with van der Waals surface area (Å²) < 4.78 is 0. The molecule has 4 rings (SSSR count). The van der Waals surface area contributed by atoms with E-state index in [0.29, 0.717) is 18.1 Å². The number of rotatable bonds is 3. The van der Waals surface area contributed by atoms with Gasteiger partial charge in [-0.05, 0) is 44.4 Å². The van der Waals surface area contributed by atoms with Gasteiger partial charge in [0.2, 0.25) is 0 Å². The van der Waals surface area contributed by atoms with E-state index in [4.69, 9.17) is 4.84 Å². The molecule has 0 radical (unpaired) electrons. The lowest BCUT2D eigenvalue weighted by molar-refractivity contribution is -0.285. The van der Waals surface area contributed by atoms with E-state index in [1.54, 1.807) is 0 Å². The molecule has 2 aliphatic carbocycles. The molecule has 1 atom stereocenters. The maximum Gasteiger partial charge on any atom is 0.0794 e. The van der Waals surface area contributed by atoms with Crippen molar-refractivity contribution in [2.45, 2.75) is 76.0 Å². The zero-order valence-corrected chi connectivity index (χ0v) is 10.7. The fraction of sp³-hybridized carbons (Fsp3) is 1.00. The number of nitrogens with zero attached hydrogens (tertiary/aromatic N) is 1. The Bertz CT molecular complexity index is 245. The van der Waals surface area contributed by atoms with E-state index in [9.17, 15) is 5.11 Å². The molecule has 0 amide bonds. The normalized spacial score (nSPS) is 37.2. The van der Waals surface area contributed by atoms with Crippen LogP contribution in [0, 0.1) is 5.92 Å². The highest BCUT2D eigenvalue weighted by molar-refractivity contribution is 4.84. The largest absolute Gasteiger partial charge is 0.391 e. The Morgan fingerprint density at radius 1 is 1.00 bits per heavy atom. The molecule has 2 heterocycles. The van der Waals surface area contributed by atoms with Crippen LogP contribution in [0.3, 0.4) is 0 Å². The van der Waals surface area contributed by atoms with Gasteiger partial charge in [0.1, 0.15) is 0 Å². The summed E-state index contributed by atoms with van der Waals surface area (Å²) in [6.07, 6.45) is 11.6. The van der Waals surface area contributed by atoms with Crippen LogP contribution < -0.4 is 0 Å². The minimum atomic E-state index is -0.172. The topological polar surface area (TPSA) is 32.7 Å². The molecule has 1 N–H and O–H groups in total. The van der Waals surface area contributed by atoms with Crippen molar-refractivity contribution >= 4 is 0 Å². The van der Waals surface area contributed by atoms with Gasteiger partial charge >= 0.3 is 0 Å². The first-order valence-corrected chi connectivity index (χ1v) is 7.44. The summed E-state index contributed by atoms with van der Waals surface area (Å²) in [5.74, 6) is 0.521. The van der Waals surface area contributed by atoms with E-state index in [2.05, 4.69) is 5.06 Å². The molecule has 2 bridgehead atoms. The number of hydroxylamine groups is 2. The summed E-state index contributed by atoms with van der Waals surface area (Å²) in [7, 11) is 0. The summed E-state index contributed by atoms with van der Waals surface area (Å²) in [6.45, 7) is 0.742. The minimum absolute atomic E-state index is 0.172. The first-order chi connectivity index (χ1) is 8.33. The highest BCUT2D eigenvalue weighted by atomic mass is 16.7. The van der Waals surface area contributed by atoms with Gasteiger partial charge in [-0.1, -0.05) is 19.3 Å². The molecule has 3 nitrogen and oxygen atoms in total. The van der Waals surface area contributed by atoms with Crippen molar-refractivity contribution in [2.24, 2.45) is 5.92 Å². The van der Waals surface area contributed by atoms with Gasteiger partial charge in [0.25, 0.3) is 0 Å². The van der Waals surface area contributed by atoms with Gasteiger partial charge in [-0.2, -0.15) is 5.06 Å². The average Bonchev–Trinajstić information content (AvgIpc) is 2.41. The maximum absolute atomic E-state index is 10.3. The third-order valence-corrected chi connectivity index (χ3v) is 4.90. The first-order valence-electron chi connectivity index (χ1n) is 7.44. The van der Waals surface area contributed by atoms with Gasteiger partial charge in [0.15, 0.2) is 0 Å². The van der Waals surface area contributed by atoms with Crippen LogP contribution in [0.5, 0.6) is 0 Å². The number of aliphatic hydroxyl groups excluding tert-OH is 1. The lowest BCUT2D eigenvalue weighted by Gasteiger charge is -2.45. The molecule has 98 valence electrons. The maximum atomic E-state index is 10.3. The number of fused-ring (bicyclic) bond motifs is 3. The summed E-state index contributed by atoms with van der Waals surface area (Å²) in [6, 6.07) is 0.582. The highest BCUT2D eigenvalue weighted by Crippen LogP contribution is 2.34. The second-order valence-electron chi connectivity index (χ2n) is 6.10. The van der Waals surface area contributed by atoms with E-state index >= 15 is 0 Å². The van der Waals surface area contributed by atoms with Gasteiger partial charge in [-0.3, -0.25) is 4.84 Å². The third kappa shape index (κ3) is 2.67. The van der Waals surface area contributed by atoms with Crippen molar-refractivity contribution in [2.75, 3.05) is 6.54 Å². The molecular formula is C14H25NO2. The molecule has 0 unspecified atom stereocenters. The van der Waals surface area contributed by atoms with Crippen LogP contribution in [-0.2, 0) is 4.84 Å². The van der Waals surface area contributed by atoms with Crippen molar-refractivity contribution in [3.63, 3.8) is 0 Å². The number of hydrogen-bond acceptors (Lipinski definition) is 3. The molecule has 2 aliphatic heterocycles. The van der Waals surface area contributed by atoms with Crippen LogP contribution in [0.15, 0.2) is 0 Å². The van der Waals surface area contributed by atoms with Crippen molar-refractivity contribution in [3.8, 4) is 0 Å². The van der Waals surface area contributed by atoms with E-state index < -0.39 is 0 Å². The predicted octanol–water partition coefficient (Wildman–Crippen LogP) is 2.49. The molecule has 0 aromatic heterocycles. The van der Waals surface area contributed by atoms with Crippen LogP contribution >= 0.6 is 0 Å². The van der Waals surface area contributed by atoms with Gasteiger partial charge < -0.3 is 5.11 Å². The monoisotopic (exact) mass is 239 g/mol. The lowest BCUT2D eigenvalue weighted by atomic mass is 9.84. The molecule has 17 heavy (non-hydrogen) atoms. The van der Waals surface area contributed by atoms with Crippen LogP contribution in [0.4, 0.5) is 0 Å². The zero-order chi connectivity index (χ0) is 11.7. The third-order valence-electron chi connectivity index (χ3n) is 4.90. The summed E-state index contributed by atoms with van der Waals surface area (Å²) in [4.78, 5) is 5.92. The standard InChI is InChI=1S/C14H25NO2/c16-14(11-4-2-1-3-5-11)10-15-12-6-8-13(17-15)9-7-12/h11-14,16H,1-10H2/t12?,13?,14-/m0/s1. The summed E-state index contributed by atoms with van der Waals surface area (Å²) in [5.41, 5.74) is 0. The summed E-state index contributed by atoms with van der Waals surface area (Å²) in [5, 5.41) is 12.4. The van der Waals surface area contributed by atoms with Crippen LogP contribution in [-0.4, -0.2) is 35.0 Å². The summed E-state index contributed by atoms with van der Waals surface area (Å²) >= 11 is 0. The molecule has 3 heteroatoms. The van der Waals surface area contributed by atoms with E-state index in [0.717, 1.165) is 6.54 Å². The van der Waals surface area contributed by atoms with Gasteiger partial charge in [0, 0.05) is 6.04 Å². The quantitative estimate of drug-likeness (QED) is 0.821. The predicted molar refractivity (Wildman–Crippen MR) is 66.4 cm³/mol. The fourth-order valence-corrected chi connectivity index (χ4v) is 3.76. The van der Waals surface area contributed by atoms with Crippen molar-refractivity contribution in [1.29, 1.82) is 0 Å². The van der Waals surface area contributed by atoms with E-state index in [1.807, 2.05) is 0 Å². The average molecular weight is 239 g/mol. The molecular weight excluding hydrogens is 214 g/mol. The zero-order valence-electron chi connectivity index (χ0n) is 10.7. The van der Waals surface area contributed by atoms with E-state index in [-0.39, 0.29) is 6.10 Å². The molecule has 0 aromatic carbocycles. The molecule has 2 saturated heterocycles. The van der Waals surface area contributed by atoms with Crippen molar-refractivity contribution in [1.82, 2.24) is 5.06 Å². The SMILES string of the molecule is O[C@@H](CN1OC2CCC1CC2)C1CCCCC1. The molecule has 2 saturated carbocycles. The molecule has 0 aromatic rings. The fourth-order valence-electron chi connectivity index (χ4n) is 3.76. The van der Waals surface area contributed by atoms with Gasteiger partial charge in [-0.15, -0.1) is 0 Å². The Morgan fingerprint density at radius 3 is 2.29 bits per heavy atom.